The van der Waals surface area contributed by atoms with Gasteiger partial charge in [0.15, 0.2) is 0 Å². The van der Waals surface area contributed by atoms with Gasteiger partial charge in [0, 0.05) is 12.0 Å². The lowest BCUT2D eigenvalue weighted by molar-refractivity contribution is -0.143. The molecule has 1 aliphatic heterocycles. The average Bonchev–Trinajstić information content (AvgIpc) is 3.47. The summed E-state index contributed by atoms with van der Waals surface area (Å²) >= 11 is 0. The zero-order valence-corrected chi connectivity index (χ0v) is 22.3. The van der Waals surface area contributed by atoms with Gasteiger partial charge < -0.3 is 19.7 Å². The number of fused-ring (bicyclic) bond motifs is 1. The number of carbonyl (C=O) groups is 2. The Morgan fingerprint density at radius 3 is 2.49 bits per heavy atom. The summed E-state index contributed by atoms with van der Waals surface area (Å²) in [7, 11) is 0. The van der Waals surface area contributed by atoms with Crippen LogP contribution < -0.4 is 0 Å². The van der Waals surface area contributed by atoms with Crippen LogP contribution in [0.5, 0.6) is 0 Å². The van der Waals surface area contributed by atoms with Crippen molar-refractivity contribution in [2.24, 2.45) is 17.8 Å². The minimum absolute atomic E-state index is 0.0215. The Hall–Kier alpha value is -2.22. The predicted octanol–water partition coefficient (Wildman–Crippen LogP) is 4.75. The lowest BCUT2D eigenvalue weighted by Gasteiger charge is -2.36. The molecule has 2 heterocycles. The molecule has 0 aromatic carbocycles. The van der Waals surface area contributed by atoms with E-state index < -0.39 is 23.9 Å². The van der Waals surface area contributed by atoms with E-state index in [1.54, 1.807) is 6.07 Å². The van der Waals surface area contributed by atoms with E-state index in [4.69, 9.17) is 4.42 Å². The van der Waals surface area contributed by atoms with Crippen LogP contribution in [0.2, 0.25) is 0 Å². The summed E-state index contributed by atoms with van der Waals surface area (Å²) in [6.45, 7) is 3.73. The fourth-order valence-electron chi connectivity index (χ4n) is 6.85. The molecule has 7 nitrogen and oxygen atoms in total. The fraction of sp³-hybridized carbons (Fsp3) is 0.667. The molecule has 4 atom stereocenters. The second-order valence-corrected chi connectivity index (χ2v) is 10.9. The molecule has 0 unspecified atom stereocenters. The van der Waals surface area contributed by atoms with E-state index in [0.717, 1.165) is 61.7 Å². The number of likely N-dealkylation sites (tertiary alicyclic amines) is 1. The van der Waals surface area contributed by atoms with Crippen LogP contribution in [-0.4, -0.2) is 50.8 Å². The number of nitrogens with zero attached hydrogens (tertiary/aromatic N) is 1. The Kier molecular flexibility index (Phi) is 9.43. The molecule has 1 saturated carbocycles. The van der Waals surface area contributed by atoms with Gasteiger partial charge in [-0.25, -0.2) is 0 Å². The number of rotatable bonds is 11. The lowest BCUT2D eigenvalue weighted by Crippen LogP contribution is -2.42. The number of carbonyl (C=O) groups excluding carboxylic acids is 2. The van der Waals surface area contributed by atoms with Gasteiger partial charge in [0.1, 0.15) is 18.1 Å². The molecule has 1 aromatic rings. The molecule has 1 saturated heterocycles. The molecule has 1 aromatic heterocycles. The summed E-state index contributed by atoms with van der Waals surface area (Å²) < 4.78 is 5.63. The summed E-state index contributed by atoms with van der Waals surface area (Å²) in [5, 5.41) is 31.2. The maximum atomic E-state index is 13.6. The maximum absolute atomic E-state index is 13.6. The van der Waals surface area contributed by atoms with Gasteiger partial charge in [-0.05, 0) is 68.7 Å². The van der Waals surface area contributed by atoms with Gasteiger partial charge in [0.2, 0.25) is 11.8 Å². The monoisotopic (exact) mass is 513 g/mol. The Balaban J connectivity index is 1.53. The zero-order valence-electron chi connectivity index (χ0n) is 22.3. The van der Waals surface area contributed by atoms with Crippen LogP contribution in [0.15, 0.2) is 33.3 Å². The third-order valence-electron chi connectivity index (χ3n) is 8.64. The second-order valence-electron chi connectivity index (χ2n) is 10.9. The lowest BCUT2D eigenvalue weighted by atomic mass is 9.67. The first-order valence-corrected chi connectivity index (χ1v) is 14.2. The third kappa shape index (κ3) is 5.79. The van der Waals surface area contributed by atoms with Crippen LogP contribution >= 0.6 is 0 Å². The average molecular weight is 514 g/mol. The molecule has 37 heavy (non-hydrogen) atoms. The van der Waals surface area contributed by atoms with Crippen molar-refractivity contribution in [3.05, 3.63) is 40.4 Å². The minimum Gasteiger partial charge on any atom is -0.459 e. The van der Waals surface area contributed by atoms with Crippen molar-refractivity contribution in [1.82, 2.24) is 4.90 Å². The summed E-state index contributed by atoms with van der Waals surface area (Å²) in [6, 6.07) is 3.56. The smallest absolute Gasteiger partial charge is 0.234 e. The highest BCUT2D eigenvalue weighted by atomic mass is 16.4. The van der Waals surface area contributed by atoms with Crippen LogP contribution in [-0.2, 0) is 16.2 Å². The number of furan rings is 1. The summed E-state index contributed by atoms with van der Waals surface area (Å²) in [4.78, 5) is 28.6. The van der Waals surface area contributed by atoms with Crippen molar-refractivity contribution in [3.8, 4) is 0 Å². The molecule has 7 heteroatoms. The number of hydrogen-bond donors (Lipinski definition) is 3. The van der Waals surface area contributed by atoms with Gasteiger partial charge in [-0.1, -0.05) is 50.7 Å². The molecular weight excluding hydrogens is 470 g/mol. The Labute approximate surface area is 220 Å². The van der Waals surface area contributed by atoms with E-state index >= 15 is 0 Å². The number of amides is 2. The predicted molar refractivity (Wildman–Crippen MR) is 141 cm³/mol. The maximum Gasteiger partial charge on any atom is 0.234 e. The molecule has 3 aliphatic rings. The van der Waals surface area contributed by atoms with Crippen LogP contribution in [0.3, 0.4) is 0 Å². The van der Waals surface area contributed by atoms with E-state index in [-0.39, 0.29) is 31.1 Å². The highest BCUT2D eigenvalue weighted by Gasteiger charge is 2.56. The molecule has 0 spiro atoms. The van der Waals surface area contributed by atoms with Crippen LogP contribution in [0, 0.1) is 17.8 Å². The highest BCUT2D eigenvalue weighted by Crippen LogP contribution is 2.48. The van der Waals surface area contributed by atoms with E-state index in [9.17, 15) is 24.9 Å². The molecule has 2 fully saturated rings. The van der Waals surface area contributed by atoms with E-state index in [1.165, 1.54) is 4.90 Å². The van der Waals surface area contributed by atoms with E-state index in [1.807, 2.05) is 19.1 Å². The van der Waals surface area contributed by atoms with Gasteiger partial charge in [0.05, 0.1) is 24.5 Å². The van der Waals surface area contributed by atoms with Crippen molar-refractivity contribution >= 4 is 17.9 Å². The molecule has 0 bridgehead atoms. The van der Waals surface area contributed by atoms with Crippen LogP contribution in [0.1, 0.15) is 96.0 Å². The minimum atomic E-state index is -0.787. The van der Waals surface area contributed by atoms with Gasteiger partial charge >= 0.3 is 0 Å². The zero-order chi connectivity index (χ0) is 26.5. The van der Waals surface area contributed by atoms with Gasteiger partial charge in [-0.3, -0.25) is 14.5 Å². The molecule has 0 radical (unpaired) electrons. The van der Waals surface area contributed by atoms with Gasteiger partial charge in [-0.15, -0.1) is 0 Å². The molecule has 4 rings (SSSR count). The number of imide groups is 1. The van der Waals surface area contributed by atoms with Crippen LogP contribution in [0.25, 0.3) is 6.08 Å². The Bertz CT molecular complexity index is 1020. The number of hydrogen-bond acceptors (Lipinski definition) is 6. The molecular formula is C30H43NO6. The first kappa shape index (κ1) is 27.8. The number of allylic oxidation sites excluding steroid dienone is 2. The van der Waals surface area contributed by atoms with Crippen molar-refractivity contribution in [1.29, 1.82) is 0 Å². The summed E-state index contributed by atoms with van der Waals surface area (Å²) in [5.74, 6) is -0.552. The van der Waals surface area contributed by atoms with Crippen LogP contribution in [0.4, 0.5) is 0 Å². The number of aliphatic hydroxyl groups is 3. The first-order valence-electron chi connectivity index (χ1n) is 14.2. The first-order chi connectivity index (χ1) is 17.9. The van der Waals surface area contributed by atoms with Gasteiger partial charge in [0.25, 0.3) is 0 Å². The topological polar surface area (TPSA) is 111 Å². The van der Waals surface area contributed by atoms with Crippen molar-refractivity contribution in [2.75, 3.05) is 6.61 Å². The van der Waals surface area contributed by atoms with Gasteiger partial charge in [-0.2, -0.15) is 0 Å². The van der Waals surface area contributed by atoms with Crippen molar-refractivity contribution in [3.63, 3.8) is 0 Å². The number of aliphatic hydroxyl groups excluding tert-OH is 3. The molecule has 3 N–H and O–H groups in total. The second kappa shape index (κ2) is 12.5. The normalized spacial score (nSPS) is 26.2. The largest absolute Gasteiger partial charge is 0.459 e. The highest BCUT2D eigenvalue weighted by molar-refractivity contribution is 6.06. The van der Waals surface area contributed by atoms with E-state index in [0.29, 0.717) is 37.2 Å². The standard InChI is InChI=1S/C30H43NO6/c1-3-8-19(15-22-12-13-23(17-32)37-22)11-14-26(34)27-20(4-2)16-24-28(25(27)18-33)30(36)31(29(24)35)21-9-6-5-7-10-21/h12-13,15,21,24-26,28,32-34H,3-11,14,16-18H2,1-2H3/b19-15+/t24-,25+,26-,28-/m1/s1. The van der Waals surface area contributed by atoms with Crippen molar-refractivity contribution in [2.45, 2.75) is 103 Å². The van der Waals surface area contributed by atoms with Crippen molar-refractivity contribution < 1.29 is 29.3 Å². The molecule has 2 aliphatic carbocycles. The van der Waals surface area contributed by atoms with E-state index in [2.05, 4.69) is 6.92 Å². The molecule has 2 amide bonds. The summed E-state index contributed by atoms with van der Waals surface area (Å²) in [5.41, 5.74) is 2.93. The quantitative estimate of drug-likeness (QED) is 0.291. The Morgan fingerprint density at radius 2 is 1.86 bits per heavy atom. The Morgan fingerprint density at radius 1 is 1.11 bits per heavy atom. The third-order valence-corrected chi connectivity index (χ3v) is 8.64. The fourth-order valence-corrected chi connectivity index (χ4v) is 6.85. The summed E-state index contributed by atoms with van der Waals surface area (Å²) in [6.07, 6.45) is 10.3. The molecule has 204 valence electrons. The SMILES string of the molecule is CCC/C(=C\c1ccc(CO)o1)CC[C@@H](O)C1=C(CC)C[C@H]2C(=O)N(C3CCCCC3)C(=O)[C@H]2[C@H]1CO.